The molecule has 374 valence electrons. The number of ketones is 4. The van der Waals surface area contributed by atoms with E-state index >= 15 is 4.79 Å². The Bertz CT molecular complexity index is 3170. The van der Waals surface area contributed by atoms with Crippen LogP contribution in [0.5, 0.6) is 17.2 Å². The van der Waals surface area contributed by atoms with E-state index in [1.54, 1.807) is 25.1 Å². The van der Waals surface area contributed by atoms with Gasteiger partial charge in [0.15, 0.2) is 40.2 Å². The predicted molar refractivity (Wildman–Crippen MR) is 255 cm³/mol. The molecule has 0 bridgehead atoms. The molecule has 3 amide bonds. The fourth-order valence-corrected chi connectivity index (χ4v) is 11.6. The van der Waals surface area contributed by atoms with Crippen molar-refractivity contribution < 1.29 is 73.8 Å². The number of phenols is 2. The molecule has 22 heteroatoms. The molecule has 6 aliphatic rings. The number of aliphatic hydroxyl groups is 4. The highest BCUT2D eigenvalue weighted by Gasteiger charge is 2.60. The van der Waals surface area contributed by atoms with Crippen molar-refractivity contribution in [2.75, 3.05) is 31.1 Å². The Hall–Kier alpha value is -8.17. The van der Waals surface area contributed by atoms with Gasteiger partial charge >= 0.3 is 6.09 Å². The number of fused-ring (bicyclic) bond motifs is 6. The number of allylic oxidation sites excluding steroid dienone is 3. The molecule has 21 nitrogen and oxygen atoms in total. The van der Waals surface area contributed by atoms with Crippen LogP contribution in [0.25, 0.3) is 5.76 Å². The highest BCUT2D eigenvalue weighted by molar-refractivity contribution is 6.30. The fourth-order valence-electron chi connectivity index (χ4n) is 11.4. The summed E-state index contributed by atoms with van der Waals surface area (Å²) >= 11 is 5.98. The lowest BCUT2D eigenvalue weighted by atomic mass is 9.60. The number of benzene rings is 3. The molecule has 3 aromatic rings. The number of rotatable bonds is 10. The number of aromatic hydroxyl groups is 2. The zero-order chi connectivity index (χ0) is 52.2. The molecular formula is C50H47ClN6O15. The van der Waals surface area contributed by atoms with E-state index < -0.39 is 135 Å². The number of aliphatic hydroxyl groups excluding tert-OH is 3. The largest absolute Gasteiger partial charge is 0.511 e. The molecule has 0 saturated heterocycles. The maximum absolute atomic E-state index is 15.1. The van der Waals surface area contributed by atoms with Crippen molar-refractivity contribution in [3.8, 4) is 17.2 Å². The highest BCUT2D eigenvalue weighted by Crippen LogP contribution is 2.57. The number of carbonyl (C=O) groups excluding carboxylic acids is 7. The summed E-state index contributed by atoms with van der Waals surface area (Å²) in [7, 11) is 4.72. The topological polar surface area (TPSA) is 342 Å². The van der Waals surface area contributed by atoms with Crippen LogP contribution in [-0.2, 0) is 48.2 Å². The number of primary amides is 2. The molecule has 9 rings (SSSR count). The molecule has 0 heterocycles. The molecular weight excluding hydrogens is 960 g/mol. The number of hydrogen-bond donors (Lipinski definition) is 9. The second-order valence-electron chi connectivity index (χ2n) is 18.9. The number of halogens is 1. The summed E-state index contributed by atoms with van der Waals surface area (Å²) in [6.45, 7) is 3.01. The lowest BCUT2D eigenvalue weighted by Gasteiger charge is -2.48. The van der Waals surface area contributed by atoms with E-state index in [0.717, 1.165) is 5.06 Å². The lowest BCUT2D eigenvalue weighted by Crippen LogP contribution is -2.55. The van der Waals surface area contributed by atoms with Gasteiger partial charge in [-0.25, -0.2) is 9.86 Å². The van der Waals surface area contributed by atoms with Gasteiger partial charge in [-0.05, 0) is 97.7 Å². The van der Waals surface area contributed by atoms with E-state index in [9.17, 15) is 59.4 Å². The van der Waals surface area contributed by atoms with Gasteiger partial charge < -0.3 is 61.9 Å². The normalized spacial score (nSPS) is 24.3. The van der Waals surface area contributed by atoms with Crippen LogP contribution in [0.4, 0.5) is 21.9 Å². The maximum atomic E-state index is 15.1. The van der Waals surface area contributed by atoms with Crippen LogP contribution in [0.2, 0.25) is 5.02 Å². The SMILES string of the molecule is C=Nc1cc(N(C)C)c2c(c1O)C(=O)C1=C(ON(C)c3cc(CNC(=O)Oc4ccc(Cl)cc4)c(O)c4c3C[C@H]3CC5CC(=O)C(C(N)=O)=C(O)C5C(=O)C3=C4O)[C@]3(O)C(O)=C(C(N)=O)C(=O)C[C@@H]3C[C@@H]1C2. The molecule has 6 aliphatic carbocycles. The van der Waals surface area contributed by atoms with Gasteiger partial charge in [0.05, 0.1) is 22.7 Å². The summed E-state index contributed by atoms with van der Waals surface area (Å²) in [5.74, 6) is -15.8. The smallest absolute Gasteiger partial charge is 0.412 e. The number of aliphatic imine (C=N–C) groups is 1. The first kappa shape index (κ1) is 48.8. The van der Waals surface area contributed by atoms with Crippen molar-refractivity contribution in [3.63, 3.8) is 0 Å². The van der Waals surface area contributed by atoms with E-state index in [1.165, 1.54) is 37.4 Å². The molecule has 2 unspecified atom stereocenters. The number of amides is 3. The monoisotopic (exact) mass is 1010 g/mol. The first-order valence-corrected chi connectivity index (χ1v) is 22.9. The summed E-state index contributed by atoms with van der Waals surface area (Å²) in [4.78, 5) is 106. The Morgan fingerprint density at radius 1 is 0.833 bits per heavy atom. The molecule has 0 spiro atoms. The van der Waals surface area contributed by atoms with E-state index in [1.807, 2.05) is 0 Å². The number of Topliss-reactive ketones (excluding diaryl/α,β-unsaturated/α-hetero) is 4. The third-order valence-corrected chi connectivity index (χ3v) is 14.9. The molecule has 0 aliphatic heterocycles. The minimum Gasteiger partial charge on any atom is -0.511 e. The molecule has 3 aromatic carbocycles. The summed E-state index contributed by atoms with van der Waals surface area (Å²) in [6.07, 6.45) is -2.14. The number of nitrogens with two attached hydrogens (primary N) is 2. The molecule has 11 N–H and O–H groups in total. The Balaban J connectivity index is 1.22. The minimum atomic E-state index is -2.81. The number of nitrogens with zero attached hydrogens (tertiary/aromatic N) is 3. The number of ether oxygens (including phenoxy) is 1. The van der Waals surface area contributed by atoms with Gasteiger partial charge in [-0.15, -0.1) is 0 Å². The average Bonchev–Trinajstić information content (AvgIpc) is 3.29. The third kappa shape index (κ3) is 7.49. The Morgan fingerprint density at radius 2 is 1.46 bits per heavy atom. The number of hydroxylamine groups is 1. The van der Waals surface area contributed by atoms with Gasteiger partial charge in [0, 0.05) is 73.9 Å². The predicted octanol–water partition coefficient (Wildman–Crippen LogP) is 4.05. The third-order valence-electron chi connectivity index (χ3n) is 14.6. The van der Waals surface area contributed by atoms with Crippen molar-refractivity contribution in [1.29, 1.82) is 0 Å². The number of hydrogen-bond acceptors (Lipinski definition) is 18. The summed E-state index contributed by atoms with van der Waals surface area (Å²) in [5.41, 5.74) is 6.21. The van der Waals surface area contributed by atoms with Crippen LogP contribution in [-0.4, -0.2) is 105 Å². The lowest BCUT2D eigenvalue weighted by molar-refractivity contribution is -0.130. The van der Waals surface area contributed by atoms with Gasteiger partial charge in [0.2, 0.25) is 0 Å². The van der Waals surface area contributed by atoms with Gasteiger partial charge in [0.1, 0.15) is 45.6 Å². The molecule has 72 heavy (non-hydrogen) atoms. The van der Waals surface area contributed by atoms with Crippen LogP contribution in [0.1, 0.15) is 58.3 Å². The summed E-state index contributed by atoms with van der Waals surface area (Å²) in [6, 6.07) is 8.69. The van der Waals surface area contributed by atoms with Crippen LogP contribution in [0, 0.1) is 29.6 Å². The van der Waals surface area contributed by atoms with Gasteiger partial charge in [-0.1, -0.05) is 11.6 Å². The van der Waals surface area contributed by atoms with Gasteiger partial charge in [-0.3, -0.25) is 33.8 Å². The quantitative estimate of drug-likeness (QED) is 0.0786. The average molecular weight is 1010 g/mol. The molecule has 1 fully saturated rings. The number of nitrogens with one attached hydrogen (secondary N) is 1. The fraction of sp³-hybridized carbons (Fsp3) is 0.320. The first-order chi connectivity index (χ1) is 34.0. The van der Waals surface area contributed by atoms with Crippen LogP contribution < -0.4 is 31.5 Å². The number of carbonyl (C=O) groups is 7. The Morgan fingerprint density at radius 3 is 2.08 bits per heavy atom. The van der Waals surface area contributed by atoms with Crippen molar-refractivity contribution in [3.05, 3.63) is 109 Å². The van der Waals surface area contributed by atoms with E-state index in [-0.39, 0.29) is 82.6 Å². The highest BCUT2D eigenvalue weighted by atomic mass is 35.5. The molecule has 1 saturated carbocycles. The summed E-state index contributed by atoms with van der Waals surface area (Å²) in [5, 5.41) is 75.6. The Kier molecular flexibility index (Phi) is 11.9. The molecule has 0 radical (unpaired) electrons. The second kappa shape index (κ2) is 17.6. The first-order valence-electron chi connectivity index (χ1n) is 22.6. The van der Waals surface area contributed by atoms with Crippen LogP contribution in [0.15, 0.2) is 81.0 Å². The van der Waals surface area contributed by atoms with Crippen molar-refractivity contribution >= 4 is 82.2 Å². The molecule has 6 atom stereocenters. The zero-order valence-electron chi connectivity index (χ0n) is 38.7. The standard InChI is InChI=1S/C50H47ClN6O15/c1-54-27-16-28(56(2)3)25-12-20-10-22-15-31(59)38(48(53)68)45(66)50(22,70)46(34(20)44(65)36(25)40(27)61)72-57(4)29-13-21(17-55-49(69)71-24-7-5-23(51)6-8-24)39(60)35-26(29)11-18-9-19-14-30(58)37(47(52)67)43(64)33(19)41(62)32(18)42(35)63/h5-8,13,16,18-20,22,33,60-61,63-64,66,70H,1,9-12,14-15,17H2,2-4H3,(H2,52,67)(H2,53,68)(H,55,69)/t18-,19?,20-,22+,33?,50-/m1/s1. The number of anilines is 2. The number of phenolic OH excluding ortho intramolecular Hbond substituents is 2. The van der Waals surface area contributed by atoms with Gasteiger partial charge in [-0.2, -0.15) is 0 Å². The van der Waals surface area contributed by atoms with Crippen LogP contribution >= 0.6 is 11.6 Å². The van der Waals surface area contributed by atoms with Crippen LogP contribution in [0.3, 0.4) is 0 Å². The second-order valence-corrected chi connectivity index (χ2v) is 19.3. The van der Waals surface area contributed by atoms with Crippen molar-refractivity contribution in [1.82, 2.24) is 5.32 Å². The maximum Gasteiger partial charge on any atom is 0.412 e. The van der Waals surface area contributed by atoms with Crippen molar-refractivity contribution in [2.45, 2.75) is 50.7 Å². The van der Waals surface area contributed by atoms with Gasteiger partial charge in [0.25, 0.3) is 11.8 Å². The molecule has 0 aromatic heterocycles. The Labute approximate surface area is 413 Å². The van der Waals surface area contributed by atoms with E-state index in [4.69, 9.17) is 32.6 Å². The van der Waals surface area contributed by atoms with E-state index in [0.29, 0.717) is 16.3 Å². The minimum absolute atomic E-state index is 0.00338. The summed E-state index contributed by atoms with van der Waals surface area (Å²) < 4.78 is 5.36. The van der Waals surface area contributed by atoms with E-state index in [2.05, 4.69) is 17.0 Å². The zero-order valence-corrected chi connectivity index (χ0v) is 39.5. The van der Waals surface area contributed by atoms with Crippen molar-refractivity contribution in [2.24, 2.45) is 46.0 Å².